The summed E-state index contributed by atoms with van der Waals surface area (Å²) >= 11 is 0. The van der Waals surface area contributed by atoms with Gasteiger partial charge in [-0.3, -0.25) is 14.3 Å². The maximum Gasteiger partial charge on any atom is 0.259 e. The number of nitrogens with zero attached hydrogens (tertiary/aromatic N) is 5. The monoisotopic (exact) mass is 815 g/mol. The minimum absolute atomic E-state index is 0.115. The van der Waals surface area contributed by atoms with Gasteiger partial charge in [0.15, 0.2) is 31.5 Å². The number of hydrogen-bond donors (Lipinski definition) is 0. The summed E-state index contributed by atoms with van der Waals surface area (Å²) in [5, 5.41) is -0.117. The SMILES string of the molecule is COc1ccc(C(OC[C@H]2O[C@@H](n3cnc4c(N(C)C(=O)c5ccccc5)ncnc43)[C@H](OC)[C@@H]2O[Si](C)(C)C(C)(C)C)(c2ccccc2)c2ccc(OC)cc2)cc1. The molecule has 1 saturated heterocycles. The Balaban J connectivity index is 1.31. The molecule has 0 unspecified atom stereocenters. The average Bonchev–Trinajstić information content (AvgIpc) is 3.84. The molecular weight excluding hydrogens is 763 g/mol. The molecule has 3 heterocycles. The number of methoxy groups -OCH3 is 3. The van der Waals surface area contributed by atoms with Gasteiger partial charge in [-0.25, -0.2) is 15.0 Å². The van der Waals surface area contributed by atoms with Crippen LogP contribution in [-0.2, 0) is 24.2 Å². The Morgan fingerprint density at radius 1 is 0.763 bits per heavy atom. The van der Waals surface area contributed by atoms with E-state index < -0.39 is 38.5 Å². The number of ether oxygens (including phenoxy) is 5. The van der Waals surface area contributed by atoms with Crippen LogP contribution in [0.25, 0.3) is 11.2 Å². The zero-order chi connectivity index (χ0) is 42.0. The number of anilines is 1. The van der Waals surface area contributed by atoms with Gasteiger partial charge in [0.1, 0.15) is 41.7 Å². The van der Waals surface area contributed by atoms with Crippen molar-refractivity contribution in [2.45, 2.75) is 69.0 Å². The zero-order valence-corrected chi connectivity index (χ0v) is 36.2. The second kappa shape index (κ2) is 17.0. The molecule has 0 bridgehead atoms. The first kappa shape index (κ1) is 41.7. The molecule has 1 fully saturated rings. The molecule has 59 heavy (non-hydrogen) atoms. The third-order valence-corrected chi connectivity index (χ3v) is 16.2. The number of aromatic nitrogens is 4. The van der Waals surface area contributed by atoms with Gasteiger partial charge in [0.05, 0.1) is 27.2 Å². The predicted molar refractivity (Wildman–Crippen MR) is 230 cm³/mol. The summed E-state index contributed by atoms with van der Waals surface area (Å²) in [7, 11) is 4.22. The molecule has 0 saturated carbocycles. The predicted octanol–water partition coefficient (Wildman–Crippen LogP) is 8.43. The molecule has 1 amide bonds. The highest BCUT2D eigenvalue weighted by atomic mass is 28.4. The highest BCUT2D eigenvalue weighted by molar-refractivity contribution is 6.74. The lowest BCUT2D eigenvalue weighted by Gasteiger charge is -2.41. The Morgan fingerprint density at radius 2 is 1.32 bits per heavy atom. The highest BCUT2D eigenvalue weighted by Gasteiger charge is 2.52. The molecular formula is C46H53N5O7Si. The normalized spacial score (nSPS) is 18.5. The summed E-state index contributed by atoms with van der Waals surface area (Å²) in [5.41, 5.74) is 3.09. The minimum Gasteiger partial charge on any atom is -0.497 e. The largest absolute Gasteiger partial charge is 0.497 e. The van der Waals surface area contributed by atoms with Crippen LogP contribution in [0.2, 0.25) is 18.1 Å². The first-order chi connectivity index (χ1) is 28.3. The van der Waals surface area contributed by atoms with Crippen LogP contribution in [0.4, 0.5) is 5.82 Å². The van der Waals surface area contributed by atoms with Crippen LogP contribution in [0.5, 0.6) is 11.5 Å². The number of amides is 1. The van der Waals surface area contributed by atoms with Crippen molar-refractivity contribution >= 4 is 31.2 Å². The van der Waals surface area contributed by atoms with Crippen LogP contribution in [0.1, 0.15) is 54.0 Å². The Hall–Kier alpha value is -5.44. The topological polar surface area (TPSA) is 119 Å². The standard InChI is InChI=1S/C46H53N5O7Si/c1-45(2,3)59(8,9)58-39-37(28-56-46(32-18-14-11-15-19-32,33-20-24-35(53-5)25-21-33)34-22-26-36(54-6)27-23-34)57-44(40(39)55-7)51-30-49-38-41(47-29-48-42(38)51)50(4)43(52)31-16-12-10-13-17-31/h10-27,29-30,37,39-40,44H,28H2,1-9H3/t37-,39-,40-,44-/m1/s1. The lowest BCUT2D eigenvalue weighted by molar-refractivity contribution is -0.0939. The molecule has 4 atom stereocenters. The first-order valence-electron chi connectivity index (χ1n) is 19.7. The van der Waals surface area contributed by atoms with Crippen LogP contribution >= 0.6 is 0 Å². The van der Waals surface area contributed by atoms with Gasteiger partial charge in [0, 0.05) is 19.7 Å². The van der Waals surface area contributed by atoms with E-state index >= 15 is 0 Å². The van der Waals surface area contributed by atoms with Gasteiger partial charge in [0.2, 0.25) is 0 Å². The van der Waals surface area contributed by atoms with E-state index in [1.54, 1.807) is 46.8 Å². The number of hydrogen-bond acceptors (Lipinski definition) is 10. The van der Waals surface area contributed by atoms with Gasteiger partial charge in [-0.1, -0.05) is 93.6 Å². The van der Waals surface area contributed by atoms with Crippen molar-refractivity contribution in [3.63, 3.8) is 0 Å². The summed E-state index contributed by atoms with van der Waals surface area (Å²) in [6.45, 7) is 11.2. The van der Waals surface area contributed by atoms with E-state index in [1.165, 1.54) is 11.2 Å². The van der Waals surface area contributed by atoms with Gasteiger partial charge >= 0.3 is 0 Å². The number of rotatable bonds is 14. The van der Waals surface area contributed by atoms with Crippen molar-refractivity contribution in [1.29, 1.82) is 0 Å². The molecule has 7 rings (SSSR count). The molecule has 12 nitrogen and oxygen atoms in total. The molecule has 308 valence electrons. The molecule has 0 spiro atoms. The second-order valence-electron chi connectivity index (χ2n) is 16.2. The lowest BCUT2D eigenvalue weighted by Crippen LogP contribution is -2.50. The third-order valence-electron chi connectivity index (χ3n) is 11.7. The summed E-state index contributed by atoms with van der Waals surface area (Å²) < 4.78 is 41.0. The zero-order valence-electron chi connectivity index (χ0n) is 35.2. The Kier molecular flexibility index (Phi) is 12.0. The van der Waals surface area contributed by atoms with Crippen molar-refractivity contribution in [2.24, 2.45) is 0 Å². The molecule has 1 aliphatic rings. The van der Waals surface area contributed by atoms with Crippen molar-refractivity contribution in [3.8, 4) is 11.5 Å². The maximum atomic E-state index is 13.5. The Bertz CT molecular complexity index is 2290. The second-order valence-corrected chi connectivity index (χ2v) is 20.9. The molecule has 6 aromatic rings. The van der Waals surface area contributed by atoms with Crippen LogP contribution in [0, 0.1) is 0 Å². The van der Waals surface area contributed by atoms with E-state index in [9.17, 15) is 4.79 Å². The lowest BCUT2D eigenvalue weighted by atomic mass is 9.80. The van der Waals surface area contributed by atoms with Gasteiger partial charge in [0.25, 0.3) is 5.91 Å². The fourth-order valence-corrected chi connectivity index (χ4v) is 8.72. The van der Waals surface area contributed by atoms with E-state index in [1.807, 2.05) is 89.5 Å². The fraction of sp³-hybridized carbons (Fsp3) is 0.348. The summed E-state index contributed by atoms with van der Waals surface area (Å²) in [6.07, 6.45) is 0.621. The fourth-order valence-electron chi connectivity index (χ4n) is 7.40. The number of imidazole rings is 1. The third kappa shape index (κ3) is 8.00. The van der Waals surface area contributed by atoms with E-state index in [4.69, 9.17) is 33.1 Å². The first-order valence-corrected chi connectivity index (χ1v) is 22.6. The maximum absolute atomic E-state index is 13.5. The number of benzene rings is 4. The quantitative estimate of drug-likeness (QED) is 0.0783. The minimum atomic E-state index is -2.43. The van der Waals surface area contributed by atoms with Crippen LogP contribution in [0.3, 0.4) is 0 Å². The van der Waals surface area contributed by atoms with Crippen LogP contribution in [0.15, 0.2) is 122 Å². The summed E-state index contributed by atoms with van der Waals surface area (Å²) in [4.78, 5) is 28.9. The molecule has 13 heteroatoms. The number of carbonyl (C=O) groups excluding carboxylic acids is 1. The van der Waals surface area contributed by atoms with Gasteiger partial charge < -0.3 is 28.1 Å². The van der Waals surface area contributed by atoms with Crippen molar-refractivity contribution in [1.82, 2.24) is 19.5 Å². The summed E-state index contributed by atoms with van der Waals surface area (Å²) in [6, 6.07) is 35.1. The van der Waals surface area contributed by atoms with Crippen LogP contribution in [-0.4, -0.2) is 87.0 Å². The van der Waals surface area contributed by atoms with Gasteiger partial charge in [-0.05, 0) is 71.2 Å². The van der Waals surface area contributed by atoms with Crippen molar-refractivity contribution in [3.05, 3.63) is 144 Å². The van der Waals surface area contributed by atoms with Crippen molar-refractivity contribution < 1.29 is 32.9 Å². The van der Waals surface area contributed by atoms with E-state index in [-0.39, 0.29) is 17.6 Å². The van der Waals surface area contributed by atoms with Gasteiger partial charge in [-0.2, -0.15) is 0 Å². The summed E-state index contributed by atoms with van der Waals surface area (Å²) in [5.74, 6) is 1.61. The number of fused-ring (bicyclic) bond motifs is 1. The molecule has 1 aliphatic heterocycles. The van der Waals surface area contributed by atoms with Crippen LogP contribution < -0.4 is 14.4 Å². The van der Waals surface area contributed by atoms with E-state index in [0.717, 1.165) is 28.2 Å². The molecule has 2 aromatic heterocycles. The molecule has 0 radical (unpaired) electrons. The molecule has 0 aliphatic carbocycles. The molecule has 0 N–H and O–H groups in total. The van der Waals surface area contributed by atoms with E-state index in [0.29, 0.717) is 22.5 Å². The smallest absolute Gasteiger partial charge is 0.259 e. The highest BCUT2D eigenvalue weighted by Crippen LogP contribution is 2.46. The Morgan fingerprint density at radius 3 is 1.86 bits per heavy atom. The average molecular weight is 816 g/mol. The molecule has 4 aromatic carbocycles. The number of carbonyl (C=O) groups is 1. The van der Waals surface area contributed by atoms with Crippen molar-refractivity contribution in [2.75, 3.05) is 39.9 Å². The van der Waals surface area contributed by atoms with Gasteiger partial charge in [-0.15, -0.1) is 0 Å². The Labute approximate surface area is 347 Å². The van der Waals surface area contributed by atoms with E-state index in [2.05, 4.69) is 56.0 Å².